The van der Waals surface area contributed by atoms with Crippen molar-refractivity contribution in [3.8, 4) is 0 Å². The van der Waals surface area contributed by atoms with Gasteiger partial charge in [0.15, 0.2) is 11.6 Å². The van der Waals surface area contributed by atoms with E-state index in [1.807, 2.05) is 0 Å². The third-order valence-electron chi connectivity index (χ3n) is 2.97. The van der Waals surface area contributed by atoms with E-state index in [0.717, 1.165) is 0 Å². The van der Waals surface area contributed by atoms with Crippen molar-refractivity contribution in [2.24, 2.45) is 0 Å². The Balaban J connectivity index is 2.34. The minimum atomic E-state index is -5.53. The van der Waals surface area contributed by atoms with Crippen molar-refractivity contribution in [1.82, 2.24) is 9.71 Å². The molecule has 1 heterocycles. The van der Waals surface area contributed by atoms with E-state index in [9.17, 15) is 40.1 Å². The molecule has 14 heteroatoms. The topological polar surface area (TPSA) is 73.2 Å². The number of hydrogen-bond acceptors (Lipinski definition) is 5. The van der Waals surface area contributed by atoms with Crippen molar-refractivity contribution >= 4 is 18.9 Å². The Kier molecular flexibility index (Phi) is 6.07. The highest BCUT2D eigenvalue weighted by Gasteiger charge is 2.48. The van der Waals surface area contributed by atoms with Crippen LogP contribution in [0.4, 0.5) is 42.2 Å². The number of nitrogens with zero attached hydrogens (tertiary/aromatic N) is 2. The Morgan fingerprint density at radius 1 is 1.04 bits per heavy atom. The van der Waals surface area contributed by atoms with Gasteiger partial charge >= 0.3 is 18.0 Å². The number of nitrogens with one attached hydrogen (secondary N) is 1. The lowest BCUT2D eigenvalue weighted by atomic mass is 10.3. The summed E-state index contributed by atoms with van der Waals surface area (Å²) < 4.78 is 105. The van der Waals surface area contributed by atoms with Crippen molar-refractivity contribution in [3.05, 3.63) is 52.8 Å². The van der Waals surface area contributed by atoms with Crippen LogP contribution in [0.5, 0.6) is 0 Å². The van der Waals surface area contributed by atoms with Gasteiger partial charge in [-0.15, -0.1) is 4.73 Å². The molecule has 0 aliphatic carbocycles. The number of aromatic nitrogens is 2. The average molecular weight is 433 g/mol. The second-order valence-electron chi connectivity index (χ2n) is 5.48. The molecule has 28 heavy (non-hydrogen) atoms. The quantitative estimate of drug-likeness (QED) is 0.552. The zero-order valence-corrected chi connectivity index (χ0v) is 14.5. The largest absolute Gasteiger partial charge is 0.399 e. The molecule has 0 saturated heterocycles. The number of halogens is 7. The monoisotopic (exact) mass is 433 g/mol. The minimum Gasteiger partial charge on any atom is -0.353 e. The first-order chi connectivity index (χ1) is 12.8. The molecule has 6 nitrogen and oxygen atoms in total. The smallest absolute Gasteiger partial charge is 0.353 e. The van der Waals surface area contributed by atoms with Crippen LogP contribution in [0.1, 0.15) is 0 Å². The zero-order chi connectivity index (χ0) is 21.2. The van der Waals surface area contributed by atoms with Crippen LogP contribution in [0.15, 0.2) is 41.3 Å². The van der Waals surface area contributed by atoms with Crippen LogP contribution in [-0.2, 0) is 4.57 Å². The van der Waals surface area contributed by atoms with Gasteiger partial charge < -0.3 is 9.94 Å². The van der Waals surface area contributed by atoms with Gasteiger partial charge in [-0.2, -0.15) is 31.3 Å². The van der Waals surface area contributed by atoms with E-state index in [1.165, 1.54) is 12.1 Å². The van der Waals surface area contributed by atoms with Crippen LogP contribution in [0.2, 0.25) is 0 Å². The Labute approximate surface area is 152 Å². The second-order valence-corrected chi connectivity index (χ2v) is 7.90. The standard InChI is InChI=1S/C14H11F7N3O3P/c15-10-6-24(12(25)23-11(10)22-9-4-2-1-3-5-9)27-28(26,7-13(16,17)18)8-14(19,20)21/h1-6H,7-8H2,(H,22,23,25). The molecule has 0 atom stereocenters. The summed E-state index contributed by atoms with van der Waals surface area (Å²) in [5.41, 5.74) is -1.27. The van der Waals surface area contributed by atoms with Crippen molar-refractivity contribution in [1.29, 1.82) is 0 Å². The van der Waals surface area contributed by atoms with Gasteiger partial charge in [0.05, 0.1) is 6.20 Å². The van der Waals surface area contributed by atoms with E-state index in [2.05, 4.69) is 14.9 Å². The van der Waals surface area contributed by atoms with Gasteiger partial charge in [0.25, 0.3) is 7.37 Å². The molecule has 0 saturated carbocycles. The first-order valence-corrected chi connectivity index (χ1v) is 9.29. The molecule has 0 radical (unpaired) electrons. The van der Waals surface area contributed by atoms with Crippen LogP contribution < -0.4 is 15.6 Å². The molecule has 0 spiro atoms. The lowest BCUT2D eigenvalue weighted by Crippen LogP contribution is -2.33. The lowest BCUT2D eigenvalue weighted by molar-refractivity contribution is -0.115. The number of rotatable bonds is 6. The molecule has 154 valence electrons. The summed E-state index contributed by atoms with van der Waals surface area (Å²) in [7, 11) is -5.53. The van der Waals surface area contributed by atoms with Crippen molar-refractivity contribution in [2.45, 2.75) is 12.4 Å². The summed E-state index contributed by atoms with van der Waals surface area (Å²) >= 11 is 0. The second kappa shape index (κ2) is 7.82. The van der Waals surface area contributed by atoms with E-state index >= 15 is 0 Å². The van der Waals surface area contributed by atoms with Crippen LogP contribution in [0.3, 0.4) is 0 Å². The summed E-state index contributed by atoms with van der Waals surface area (Å²) in [5.74, 6) is -1.99. The first kappa shape index (κ1) is 21.7. The third-order valence-corrected chi connectivity index (χ3v) is 5.12. The van der Waals surface area contributed by atoms with Gasteiger partial charge in [-0.3, -0.25) is 4.57 Å². The Morgan fingerprint density at radius 2 is 1.57 bits per heavy atom. The Bertz CT molecular complexity index is 909. The number of hydrogen-bond donors (Lipinski definition) is 1. The molecule has 0 amide bonds. The van der Waals surface area contributed by atoms with Gasteiger partial charge in [-0.25, -0.2) is 9.18 Å². The fourth-order valence-electron chi connectivity index (χ4n) is 2.04. The summed E-state index contributed by atoms with van der Waals surface area (Å²) in [6.07, 6.45) is -15.3. The van der Waals surface area contributed by atoms with Crippen LogP contribution in [0.25, 0.3) is 0 Å². The molecule has 1 aromatic carbocycles. The summed E-state index contributed by atoms with van der Waals surface area (Å²) in [6.45, 7) is 0. The number of anilines is 2. The molecule has 0 aliphatic rings. The molecule has 1 aromatic heterocycles. The van der Waals surface area contributed by atoms with Crippen LogP contribution in [-0.4, -0.2) is 34.4 Å². The molecular formula is C14H11F7N3O3P. The fourth-order valence-corrected chi connectivity index (χ4v) is 3.80. The maximum absolute atomic E-state index is 14.1. The zero-order valence-electron chi connectivity index (χ0n) is 13.6. The first-order valence-electron chi connectivity index (χ1n) is 7.29. The van der Waals surface area contributed by atoms with Crippen molar-refractivity contribution in [3.63, 3.8) is 0 Å². The van der Waals surface area contributed by atoms with Gasteiger partial charge in [0.1, 0.15) is 12.3 Å². The minimum absolute atomic E-state index is 0.153. The van der Waals surface area contributed by atoms with Crippen molar-refractivity contribution < 1.29 is 39.9 Å². The molecule has 2 rings (SSSR count). The normalized spacial score (nSPS) is 12.7. The van der Waals surface area contributed by atoms with Crippen LogP contribution >= 0.6 is 7.37 Å². The van der Waals surface area contributed by atoms with Gasteiger partial charge in [0, 0.05) is 5.69 Å². The SMILES string of the molecule is O=c1nc(Nc2ccccc2)c(F)cn1OP(=O)(CC(F)(F)F)CC(F)(F)F. The van der Waals surface area contributed by atoms with Gasteiger partial charge in [0.2, 0.25) is 0 Å². The number of alkyl halides is 6. The molecule has 0 bridgehead atoms. The Morgan fingerprint density at radius 3 is 2.07 bits per heavy atom. The predicted molar refractivity (Wildman–Crippen MR) is 84.2 cm³/mol. The molecule has 0 aliphatic heterocycles. The third kappa shape index (κ3) is 6.55. The summed E-state index contributed by atoms with van der Waals surface area (Å²) in [5, 5.41) is 2.40. The number of para-hydroxylation sites is 1. The highest BCUT2D eigenvalue weighted by atomic mass is 31.2. The summed E-state index contributed by atoms with van der Waals surface area (Å²) in [6, 6.07) is 7.72. The van der Waals surface area contributed by atoms with Crippen LogP contribution in [0, 0.1) is 5.82 Å². The molecule has 2 aromatic rings. The van der Waals surface area contributed by atoms with Gasteiger partial charge in [-0.1, -0.05) is 18.2 Å². The summed E-state index contributed by atoms with van der Waals surface area (Å²) in [4.78, 5) is 15.0. The van der Waals surface area contributed by atoms with E-state index in [-0.39, 0.29) is 10.9 Å². The molecule has 1 N–H and O–H groups in total. The number of benzene rings is 1. The van der Waals surface area contributed by atoms with E-state index < -0.39 is 49.4 Å². The average Bonchev–Trinajstić information content (AvgIpc) is 2.49. The fraction of sp³-hybridized carbons (Fsp3) is 0.286. The van der Waals surface area contributed by atoms with E-state index in [1.54, 1.807) is 18.2 Å². The lowest BCUT2D eigenvalue weighted by Gasteiger charge is -2.22. The van der Waals surface area contributed by atoms with E-state index in [0.29, 0.717) is 5.69 Å². The molecule has 0 unspecified atom stereocenters. The predicted octanol–water partition coefficient (Wildman–Crippen LogP) is 3.96. The highest BCUT2D eigenvalue weighted by Crippen LogP contribution is 2.51. The van der Waals surface area contributed by atoms with Crippen molar-refractivity contribution in [2.75, 3.05) is 17.6 Å². The maximum Gasteiger partial charge on any atom is 0.399 e. The highest BCUT2D eigenvalue weighted by molar-refractivity contribution is 7.59. The molecular weight excluding hydrogens is 422 g/mol. The Hall–Kier alpha value is -2.56. The maximum atomic E-state index is 14.1. The van der Waals surface area contributed by atoms with Gasteiger partial charge in [-0.05, 0) is 12.1 Å². The molecule has 0 fully saturated rings. The van der Waals surface area contributed by atoms with E-state index in [4.69, 9.17) is 0 Å².